The molecule has 3 aliphatic rings. The van der Waals surface area contributed by atoms with Gasteiger partial charge in [-0.15, -0.1) is 11.3 Å². The van der Waals surface area contributed by atoms with Crippen molar-refractivity contribution in [1.29, 1.82) is 0 Å². The van der Waals surface area contributed by atoms with Crippen LogP contribution in [0, 0.1) is 24.2 Å². The number of fused-ring (bicyclic) bond motifs is 1. The molecule has 248 valence electrons. The van der Waals surface area contributed by atoms with Gasteiger partial charge in [-0.3, -0.25) is 9.59 Å². The Hall–Kier alpha value is -1.77. The zero-order chi connectivity index (χ0) is 32.6. The van der Waals surface area contributed by atoms with Gasteiger partial charge in [-0.1, -0.05) is 34.1 Å². The molecule has 2 unspecified atom stereocenters. The number of nitrogens with zero attached hydrogens (tertiary/aromatic N) is 1. The molecule has 12 heteroatoms. The van der Waals surface area contributed by atoms with Crippen LogP contribution in [0.1, 0.15) is 84.3 Å². The van der Waals surface area contributed by atoms with E-state index in [0.717, 1.165) is 29.1 Å². The molecule has 1 aromatic heterocycles. The molecular formula is C32H49NO10S. The molecule has 0 aromatic carbocycles. The molecular weight excluding hydrogens is 590 g/mol. The van der Waals surface area contributed by atoms with E-state index in [2.05, 4.69) is 4.98 Å². The maximum Gasteiger partial charge on any atom is 0.309 e. The van der Waals surface area contributed by atoms with Crippen molar-refractivity contribution in [2.45, 2.75) is 135 Å². The van der Waals surface area contributed by atoms with Crippen molar-refractivity contribution in [2.75, 3.05) is 6.61 Å². The summed E-state index contributed by atoms with van der Waals surface area (Å²) in [5, 5.41) is 44.5. The molecule has 3 fully saturated rings. The Kier molecular flexibility index (Phi) is 11.1. The zero-order valence-corrected chi connectivity index (χ0v) is 27.6. The fraction of sp³-hybridized carbons (Fsp3) is 0.781. The summed E-state index contributed by atoms with van der Waals surface area (Å²) in [5.41, 5.74) is -0.146. The highest BCUT2D eigenvalue weighted by Crippen LogP contribution is 2.45. The Labute approximate surface area is 263 Å². The smallest absolute Gasteiger partial charge is 0.309 e. The van der Waals surface area contributed by atoms with Gasteiger partial charge < -0.3 is 39.4 Å². The standard InChI is InChI=1S/C32H49NO10S/c1-16-9-8-10-32(7)24(43-32)12-21(17(2)11-20-15-44-19(4)33-20)40-25(35)13-23(31(5,6)29(39)18(3)26(16)36)42-30-28(38)27(37)22(14-34)41-30/h11,15-16,18,21-24,26-28,30,34,36-38H,8-10,12-14H2,1-7H3/b17-11+/t16-,18+,21-,22+,23-,24-,26-,27?,28+,30+,32?/m0/s1. The van der Waals surface area contributed by atoms with Gasteiger partial charge in [0.25, 0.3) is 0 Å². The van der Waals surface area contributed by atoms with Crippen molar-refractivity contribution in [3.8, 4) is 0 Å². The predicted molar refractivity (Wildman–Crippen MR) is 163 cm³/mol. The van der Waals surface area contributed by atoms with Crippen molar-refractivity contribution >= 4 is 29.2 Å². The number of rotatable bonds is 5. The van der Waals surface area contributed by atoms with E-state index in [1.165, 1.54) is 11.3 Å². The number of Topliss-reactive ketones (excluding diaryl/α,β-unsaturated/α-hetero) is 1. The van der Waals surface area contributed by atoms with Gasteiger partial charge in [-0.25, -0.2) is 4.98 Å². The molecule has 1 aromatic rings. The third kappa shape index (κ3) is 7.78. The number of ether oxygens (including phenoxy) is 4. The molecule has 0 amide bonds. The van der Waals surface area contributed by atoms with Gasteiger partial charge in [0, 0.05) is 17.7 Å². The number of carbonyl (C=O) groups is 2. The van der Waals surface area contributed by atoms with Gasteiger partial charge in [0.05, 0.1) is 53.1 Å². The van der Waals surface area contributed by atoms with E-state index in [1.807, 2.05) is 39.2 Å². The largest absolute Gasteiger partial charge is 0.458 e. The van der Waals surface area contributed by atoms with E-state index < -0.39 is 66.8 Å². The molecule has 4 N–H and O–H groups in total. The van der Waals surface area contributed by atoms with E-state index in [0.29, 0.717) is 12.8 Å². The van der Waals surface area contributed by atoms with Crippen LogP contribution in [0.3, 0.4) is 0 Å². The number of esters is 1. The first-order valence-electron chi connectivity index (χ1n) is 15.5. The minimum Gasteiger partial charge on any atom is -0.458 e. The zero-order valence-electron chi connectivity index (χ0n) is 26.8. The number of epoxide rings is 1. The third-order valence-corrected chi connectivity index (χ3v) is 10.5. The minimum atomic E-state index is -1.51. The van der Waals surface area contributed by atoms with Crippen LogP contribution in [0.4, 0.5) is 0 Å². The number of aromatic nitrogens is 1. The first kappa shape index (κ1) is 35.1. The quantitative estimate of drug-likeness (QED) is 0.276. The number of carbonyl (C=O) groups excluding carboxylic acids is 2. The van der Waals surface area contributed by atoms with E-state index in [9.17, 15) is 30.0 Å². The Morgan fingerprint density at radius 2 is 1.86 bits per heavy atom. The lowest BCUT2D eigenvalue weighted by atomic mass is 9.72. The van der Waals surface area contributed by atoms with Crippen LogP contribution >= 0.6 is 11.3 Å². The highest BCUT2D eigenvalue weighted by Gasteiger charge is 2.53. The van der Waals surface area contributed by atoms with Gasteiger partial charge in [0.2, 0.25) is 0 Å². The monoisotopic (exact) mass is 639 g/mol. The van der Waals surface area contributed by atoms with Crippen LogP contribution in [0.25, 0.3) is 6.08 Å². The molecule has 0 saturated carbocycles. The molecule has 0 aliphatic carbocycles. The molecule has 0 spiro atoms. The highest BCUT2D eigenvalue weighted by molar-refractivity contribution is 7.09. The SMILES string of the molecule is C/C(=C\c1csc(C)n1)[C@@H]1C[C@@H]2OC2(C)CCC[C@H](C)[C@H](O)[C@@H](C)C(=O)C(C)(C)[C@@H](O[C@H]2O[C@H](CO)C(O)[C@H]2O)CC(=O)O1. The van der Waals surface area contributed by atoms with Crippen LogP contribution in [-0.4, -0.2) is 98.4 Å². The predicted octanol–water partition coefficient (Wildman–Crippen LogP) is 2.94. The average Bonchev–Trinajstić information content (AvgIpc) is 3.26. The van der Waals surface area contributed by atoms with Crippen LogP contribution < -0.4 is 0 Å². The summed E-state index contributed by atoms with van der Waals surface area (Å²) >= 11 is 1.53. The van der Waals surface area contributed by atoms with Gasteiger partial charge in [-0.2, -0.15) is 0 Å². The maximum atomic E-state index is 13.9. The second kappa shape index (κ2) is 13.9. The van der Waals surface area contributed by atoms with Crippen LogP contribution in [0.5, 0.6) is 0 Å². The Balaban J connectivity index is 1.65. The molecule has 3 aliphatic heterocycles. The first-order valence-corrected chi connectivity index (χ1v) is 16.4. The minimum absolute atomic E-state index is 0.128. The molecule has 4 rings (SSSR count). The average molecular weight is 640 g/mol. The number of aryl methyl sites for hydroxylation is 1. The number of aliphatic hydroxyl groups excluding tert-OH is 4. The highest BCUT2D eigenvalue weighted by atomic mass is 32.1. The van der Waals surface area contributed by atoms with Crippen LogP contribution in [0.2, 0.25) is 0 Å². The van der Waals surface area contributed by atoms with Crippen molar-refractivity contribution in [2.24, 2.45) is 17.3 Å². The lowest BCUT2D eigenvalue weighted by Gasteiger charge is -2.38. The summed E-state index contributed by atoms with van der Waals surface area (Å²) in [4.78, 5) is 32.1. The van der Waals surface area contributed by atoms with E-state index in [4.69, 9.17) is 18.9 Å². The van der Waals surface area contributed by atoms with Crippen molar-refractivity contribution in [1.82, 2.24) is 4.98 Å². The lowest BCUT2D eigenvalue weighted by Crippen LogP contribution is -2.49. The van der Waals surface area contributed by atoms with Crippen molar-refractivity contribution in [3.63, 3.8) is 0 Å². The summed E-state index contributed by atoms with van der Waals surface area (Å²) in [5.74, 6) is -1.90. The molecule has 11 atom stereocenters. The lowest BCUT2D eigenvalue weighted by molar-refractivity contribution is -0.218. The molecule has 4 heterocycles. The molecule has 3 saturated heterocycles. The number of aliphatic hydroxyl groups is 4. The Bertz CT molecular complexity index is 1200. The number of hydrogen-bond acceptors (Lipinski definition) is 12. The number of thiazole rings is 1. The van der Waals surface area contributed by atoms with Gasteiger partial charge in [0.15, 0.2) is 6.29 Å². The summed E-state index contributed by atoms with van der Waals surface area (Å²) < 4.78 is 23.8. The normalized spacial score (nSPS) is 40.8. The summed E-state index contributed by atoms with van der Waals surface area (Å²) in [7, 11) is 0. The van der Waals surface area contributed by atoms with E-state index in [-0.39, 0.29) is 29.8 Å². The second-order valence-corrected chi connectivity index (χ2v) is 14.6. The van der Waals surface area contributed by atoms with Crippen molar-refractivity contribution in [3.05, 3.63) is 21.7 Å². The Morgan fingerprint density at radius 3 is 2.48 bits per heavy atom. The van der Waals surface area contributed by atoms with E-state index >= 15 is 0 Å². The fourth-order valence-electron chi connectivity index (χ4n) is 6.41. The summed E-state index contributed by atoms with van der Waals surface area (Å²) in [6.07, 6.45) is -4.02. The molecule has 0 bridgehead atoms. The Morgan fingerprint density at radius 1 is 1.16 bits per heavy atom. The number of ketones is 1. The van der Waals surface area contributed by atoms with Gasteiger partial charge in [-0.05, 0) is 51.2 Å². The number of cyclic esters (lactones) is 1. The van der Waals surface area contributed by atoms with Gasteiger partial charge >= 0.3 is 5.97 Å². The van der Waals surface area contributed by atoms with Gasteiger partial charge in [0.1, 0.15) is 30.2 Å². The first-order chi connectivity index (χ1) is 20.6. The number of hydrogen-bond donors (Lipinski definition) is 4. The van der Waals surface area contributed by atoms with Crippen molar-refractivity contribution < 1.29 is 49.0 Å². The van der Waals surface area contributed by atoms with E-state index in [1.54, 1.807) is 20.8 Å². The van der Waals surface area contributed by atoms with Crippen LogP contribution in [-0.2, 0) is 28.5 Å². The third-order valence-electron chi connectivity index (χ3n) is 9.69. The summed E-state index contributed by atoms with van der Waals surface area (Å²) in [6, 6.07) is 0. The maximum absolute atomic E-state index is 13.9. The topological polar surface area (TPSA) is 168 Å². The molecule has 0 radical (unpaired) electrons. The second-order valence-electron chi connectivity index (χ2n) is 13.6. The fourth-order valence-corrected chi connectivity index (χ4v) is 6.98. The van der Waals surface area contributed by atoms with Crippen LogP contribution in [0.15, 0.2) is 11.0 Å². The molecule has 44 heavy (non-hydrogen) atoms. The summed E-state index contributed by atoms with van der Waals surface area (Å²) in [6.45, 7) is 12.1. The molecule has 11 nitrogen and oxygen atoms in total.